The maximum atomic E-state index is 5.74. The third kappa shape index (κ3) is 5.51. The molecule has 0 aliphatic rings. The lowest BCUT2D eigenvalue weighted by Crippen LogP contribution is -2.26. The van der Waals surface area contributed by atoms with Crippen molar-refractivity contribution in [3.63, 3.8) is 0 Å². The van der Waals surface area contributed by atoms with Gasteiger partial charge in [-0.3, -0.25) is 4.98 Å². The van der Waals surface area contributed by atoms with Crippen molar-refractivity contribution >= 4 is 17.4 Å². The fourth-order valence-corrected chi connectivity index (χ4v) is 1.72. The molecular weight excluding hydrogens is 254 g/mol. The third-order valence-corrected chi connectivity index (χ3v) is 2.36. The molecule has 0 fully saturated rings. The van der Waals surface area contributed by atoms with Crippen molar-refractivity contribution in [2.45, 2.75) is 32.4 Å². The van der Waals surface area contributed by atoms with Crippen LogP contribution < -0.4 is 10.1 Å². The van der Waals surface area contributed by atoms with E-state index in [9.17, 15) is 0 Å². The summed E-state index contributed by atoms with van der Waals surface area (Å²) in [5.41, 5.74) is 0. The molecule has 1 heterocycles. The summed E-state index contributed by atoms with van der Waals surface area (Å²) < 4.78 is 10.6. The molecule has 1 aromatic rings. The number of hydrogen-bond acceptors (Lipinski definition) is 5. The van der Waals surface area contributed by atoms with Gasteiger partial charge in [0.25, 0.3) is 0 Å². The molecule has 1 aromatic heterocycles. The Morgan fingerprint density at radius 2 is 2.17 bits per heavy atom. The second kappa shape index (κ2) is 8.11. The van der Waals surface area contributed by atoms with Gasteiger partial charge in [0.05, 0.1) is 31.1 Å². The molecule has 0 radical (unpaired) electrons. The summed E-state index contributed by atoms with van der Waals surface area (Å²) in [6, 6.07) is 0.121. The van der Waals surface area contributed by atoms with E-state index >= 15 is 0 Å². The monoisotopic (exact) mass is 273 g/mol. The fraction of sp³-hybridized carbons (Fsp3) is 0.667. The lowest BCUT2D eigenvalue weighted by Gasteiger charge is -2.17. The summed E-state index contributed by atoms with van der Waals surface area (Å²) in [6.07, 6.45) is 4.13. The molecule has 0 spiro atoms. The average Bonchev–Trinajstić information content (AvgIpc) is 2.29. The van der Waals surface area contributed by atoms with Crippen LogP contribution in [0.5, 0.6) is 5.88 Å². The van der Waals surface area contributed by atoms with Crippen LogP contribution in [0.15, 0.2) is 12.4 Å². The summed E-state index contributed by atoms with van der Waals surface area (Å²) in [5.74, 6) is 1.74. The Labute approximate surface area is 113 Å². The molecule has 0 aromatic carbocycles. The Hall–Kier alpha value is -1.07. The molecule has 6 heteroatoms. The predicted molar refractivity (Wildman–Crippen MR) is 72.4 cm³/mol. The first kappa shape index (κ1) is 15.0. The van der Waals surface area contributed by atoms with Gasteiger partial charge in [0, 0.05) is 13.0 Å². The minimum atomic E-state index is 0.0761. The van der Waals surface area contributed by atoms with Crippen molar-refractivity contribution in [1.82, 2.24) is 9.97 Å². The Balaban J connectivity index is 2.64. The lowest BCUT2D eigenvalue weighted by atomic mass is 10.2. The van der Waals surface area contributed by atoms with Gasteiger partial charge in [0.1, 0.15) is 5.82 Å². The SMILES string of the molecule is COCC(CCCl)Nc1cncc(OC(C)C)n1. The van der Waals surface area contributed by atoms with Gasteiger partial charge in [-0.2, -0.15) is 4.98 Å². The summed E-state index contributed by atoms with van der Waals surface area (Å²) in [5, 5.41) is 3.23. The van der Waals surface area contributed by atoms with E-state index in [4.69, 9.17) is 21.1 Å². The number of alkyl halides is 1. The Morgan fingerprint density at radius 3 is 2.78 bits per heavy atom. The number of ether oxygens (including phenoxy) is 2. The van der Waals surface area contributed by atoms with Gasteiger partial charge < -0.3 is 14.8 Å². The standard InChI is InChI=1S/C12H20ClN3O2/c1-9(2)18-12-7-14-6-11(16-12)15-10(4-5-13)8-17-3/h6-7,9-10H,4-5,8H2,1-3H3,(H,15,16). The van der Waals surface area contributed by atoms with Gasteiger partial charge in [0.15, 0.2) is 0 Å². The second-order valence-electron chi connectivity index (χ2n) is 4.18. The van der Waals surface area contributed by atoms with E-state index in [0.29, 0.717) is 24.2 Å². The Morgan fingerprint density at radius 1 is 1.39 bits per heavy atom. The van der Waals surface area contributed by atoms with Crippen LogP contribution in [0.1, 0.15) is 20.3 Å². The zero-order chi connectivity index (χ0) is 13.4. The maximum Gasteiger partial charge on any atom is 0.234 e. The highest BCUT2D eigenvalue weighted by Crippen LogP contribution is 2.12. The zero-order valence-electron chi connectivity index (χ0n) is 11.0. The van der Waals surface area contributed by atoms with Gasteiger partial charge in [-0.15, -0.1) is 11.6 Å². The molecule has 0 saturated carbocycles. The van der Waals surface area contributed by atoms with Crippen LogP contribution in [0, 0.1) is 0 Å². The molecule has 5 nitrogen and oxygen atoms in total. The van der Waals surface area contributed by atoms with Crippen LogP contribution >= 0.6 is 11.6 Å². The van der Waals surface area contributed by atoms with Crippen molar-refractivity contribution in [2.75, 3.05) is 24.9 Å². The second-order valence-corrected chi connectivity index (χ2v) is 4.56. The van der Waals surface area contributed by atoms with Gasteiger partial charge in [-0.1, -0.05) is 0 Å². The smallest absolute Gasteiger partial charge is 0.234 e. The van der Waals surface area contributed by atoms with Crippen LogP contribution in [0.4, 0.5) is 5.82 Å². The molecule has 0 amide bonds. The molecule has 0 aliphatic heterocycles. The molecule has 1 atom stereocenters. The van der Waals surface area contributed by atoms with Crippen molar-refractivity contribution in [2.24, 2.45) is 0 Å². The van der Waals surface area contributed by atoms with E-state index in [1.54, 1.807) is 19.5 Å². The van der Waals surface area contributed by atoms with E-state index in [1.807, 2.05) is 13.8 Å². The first-order chi connectivity index (χ1) is 8.65. The van der Waals surface area contributed by atoms with Gasteiger partial charge in [-0.05, 0) is 20.3 Å². The minimum Gasteiger partial charge on any atom is -0.474 e. The largest absolute Gasteiger partial charge is 0.474 e. The summed E-state index contributed by atoms with van der Waals surface area (Å²) in [7, 11) is 1.66. The molecular formula is C12H20ClN3O2. The fourth-order valence-electron chi connectivity index (χ4n) is 1.46. The molecule has 0 bridgehead atoms. The molecule has 18 heavy (non-hydrogen) atoms. The highest BCUT2D eigenvalue weighted by Gasteiger charge is 2.09. The normalized spacial score (nSPS) is 12.5. The Bertz CT molecular complexity index is 344. The Kier molecular flexibility index (Phi) is 6.75. The van der Waals surface area contributed by atoms with E-state index < -0.39 is 0 Å². The van der Waals surface area contributed by atoms with Crippen LogP contribution in [-0.2, 0) is 4.74 Å². The molecule has 0 saturated heterocycles. The van der Waals surface area contributed by atoms with Crippen molar-refractivity contribution in [3.8, 4) is 5.88 Å². The summed E-state index contributed by atoms with van der Waals surface area (Å²) >= 11 is 5.74. The molecule has 1 N–H and O–H groups in total. The van der Waals surface area contributed by atoms with Crippen LogP contribution in [-0.4, -0.2) is 41.7 Å². The van der Waals surface area contributed by atoms with E-state index in [1.165, 1.54) is 0 Å². The molecule has 102 valence electrons. The minimum absolute atomic E-state index is 0.0761. The number of halogens is 1. The maximum absolute atomic E-state index is 5.74. The van der Waals surface area contributed by atoms with Crippen LogP contribution in [0.3, 0.4) is 0 Å². The predicted octanol–water partition coefficient (Wildman–Crippen LogP) is 2.32. The molecule has 1 unspecified atom stereocenters. The topological polar surface area (TPSA) is 56.3 Å². The van der Waals surface area contributed by atoms with Crippen molar-refractivity contribution in [1.29, 1.82) is 0 Å². The van der Waals surface area contributed by atoms with E-state index in [2.05, 4.69) is 15.3 Å². The number of methoxy groups -OCH3 is 1. The number of nitrogens with zero attached hydrogens (tertiary/aromatic N) is 2. The number of anilines is 1. The van der Waals surface area contributed by atoms with Gasteiger partial charge >= 0.3 is 0 Å². The average molecular weight is 274 g/mol. The summed E-state index contributed by atoms with van der Waals surface area (Å²) in [4.78, 5) is 8.41. The highest BCUT2D eigenvalue weighted by molar-refractivity contribution is 6.17. The molecule has 0 aliphatic carbocycles. The first-order valence-electron chi connectivity index (χ1n) is 5.95. The highest BCUT2D eigenvalue weighted by atomic mass is 35.5. The quantitative estimate of drug-likeness (QED) is 0.737. The third-order valence-electron chi connectivity index (χ3n) is 2.15. The van der Waals surface area contributed by atoms with Crippen molar-refractivity contribution < 1.29 is 9.47 Å². The summed E-state index contributed by atoms with van der Waals surface area (Å²) in [6.45, 7) is 4.47. The van der Waals surface area contributed by atoms with Crippen LogP contribution in [0.25, 0.3) is 0 Å². The van der Waals surface area contributed by atoms with E-state index in [0.717, 1.165) is 6.42 Å². The van der Waals surface area contributed by atoms with Crippen LogP contribution in [0.2, 0.25) is 0 Å². The van der Waals surface area contributed by atoms with Crippen molar-refractivity contribution in [3.05, 3.63) is 12.4 Å². The number of aromatic nitrogens is 2. The number of rotatable bonds is 8. The van der Waals surface area contributed by atoms with Gasteiger partial charge in [-0.25, -0.2) is 0 Å². The van der Waals surface area contributed by atoms with E-state index in [-0.39, 0.29) is 12.1 Å². The lowest BCUT2D eigenvalue weighted by molar-refractivity contribution is 0.184. The first-order valence-corrected chi connectivity index (χ1v) is 6.49. The number of nitrogens with one attached hydrogen (secondary N) is 1. The number of hydrogen-bond donors (Lipinski definition) is 1. The zero-order valence-corrected chi connectivity index (χ0v) is 11.8. The molecule has 1 rings (SSSR count). The van der Waals surface area contributed by atoms with Gasteiger partial charge in [0.2, 0.25) is 5.88 Å².